The van der Waals surface area contributed by atoms with Crippen molar-refractivity contribution >= 4 is 35.3 Å². The molecule has 2 atom stereocenters. The molecule has 0 spiro atoms. The number of thioether (sulfide) groups is 2. The molecule has 2 unspecified atom stereocenters. The monoisotopic (exact) mass is 322 g/mol. The van der Waals surface area contributed by atoms with E-state index in [1.165, 1.54) is 0 Å². The molecule has 4 N–H and O–H groups in total. The summed E-state index contributed by atoms with van der Waals surface area (Å²) < 4.78 is 0. The molecule has 116 valence electrons. The quantitative estimate of drug-likeness (QED) is 0.393. The molecule has 1 heterocycles. The molecule has 0 aromatic rings. The van der Waals surface area contributed by atoms with E-state index in [4.69, 9.17) is 10.2 Å². The maximum absolute atomic E-state index is 11.9. The van der Waals surface area contributed by atoms with Crippen LogP contribution in [0.3, 0.4) is 0 Å². The number of nitrogens with one attached hydrogen (secondary N) is 2. The number of aliphatic hydroxyl groups is 2. The van der Waals surface area contributed by atoms with E-state index in [2.05, 4.69) is 10.6 Å². The number of hydrogen-bond donors (Lipinski definition) is 4. The molecule has 0 bridgehead atoms. The molecule has 0 aliphatic carbocycles. The third-order valence-corrected chi connectivity index (χ3v) is 5.02. The van der Waals surface area contributed by atoms with Crippen molar-refractivity contribution in [3.63, 3.8) is 0 Å². The molecular weight excluding hydrogens is 300 g/mol. The Morgan fingerprint density at radius 1 is 0.850 bits per heavy atom. The van der Waals surface area contributed by atoms with E-state index in [1.807, 2.05) is 0 Å². The van der Waals surface area contributed by atoms with Crippen LogP contribution in [0, 0.1) is 0 Å². The number of carbonyl (C=O) groups excluding carboxylic acids is 2. The highest BCUT2D eigenvalue weighted by Crippen LogP contribution is 2.11. The van der Waals surface area contributed by atoms with Gasteiger partial charge >= 0.3 is 0 Å². The standard InChI is InChI=1S/C12H22N2O4S2/c15-3-1-5-19-7-9-11(17)14-10(12(18)13-9)8-20-6-2-4-16/h9-10,15-16H,1-8H2,(H,13,18)(H,14,17). The minimum Gasteiger partial charge on any atom is -0.396 e. The van der Waals surface area contributed by atoms with Gasteiger partial charge in [0.05, 0.1) is 0 Å². The molecule has 1 saturated heterocycles. The van der Waals surface area contributed by atoms with Crippen molar-refractivity contribution in [3.05, 3.63) is 0 Å². The summed E-state index contributed by atoms with van der Waals surface area (Å²) in [5, 5.41) is 22.8. The number of piperazine rings is 1. The van der Waals surface area contributed by atoms with Crippen LogP contribution in [0.2, 0.25) is 0 Å². The zero-order valence-electron chi connectivity index (χ0n) is 11.3. The topological polar surface area (TPSA) is 98.7 Å². The average Bonchev–Trinajstić information content (AvgIpc) is 2.44. The highest BCUT2D eigenvalue weighted by Gasteiger charge is 2.33. The van der Waals surface area contributed by atoms with Crippen molar-refractivity contribution in [3.8, 4) is 0 Å². The first kappa shape index (κ1) is 17.6. The van der Waals surface area contributed by atoms with Crippen molar-refractivity contribution in [1.29, 1.82) is 0 Å². The fourth-order valence-corrected chi connectivity index (χ4v) is 3.59. The molecule has 0 saturated carbocycles. The van der Waals surface area contributed by atoms with Crippen LogP contribution in [-0.2, 0) is 9.59 Å². The van der Waals surface area contributed by atoms with Crippen molar-refractivity contribution in [2.24, 2.45) is 0 Å². The number of carbonyl (C=O) groups is 2. The Balaban J connectivity index is 2.26. The van der Waals surface area contributed by atoms with Gasteiger partial charge in [0.25, 0.3) is 0 Å². The third kappa shape index (κ3) is 6.34. The highest BCUT2D eigenvalue weighted by molar-refractivity contribution is 7.99. The Hall–Kier alpha value is -0.440. The summed E-state index contributed by atoms with van der Waals surface area (Å²) in [6, 6.07) is -0.963. The number of amides is 2. The molecule has 0 aromatic heterocycles. The molecular formula is C12H22N2O4S2. The Morgan fingerprint density at radius 2 is 1.25 bits per heavy atom. The summed E-state index contributed by atoms with van der Waals surface area (Å²) in [6.45, 7) is 0.284. The maximum Gasteiger partial charge on any atom is 0.244 e. The Morgan fingerprint density at radius 3 is 1.60 bits per heavy atom. The van der Waals surface area contributed by atoms with E-state index in [0.717, 1.165) is 11.5 Å². The van der Waals surface area contributed by atoms with Gasteiger partial charge in [-0.05, 0) is 24.3 Å². The minimum atomic E-state index is -0.482. The van der Waals surface area contributed by atoms with Crippen molar-refractivity contribution in [2.75, 3.05) is 36.2 Å². The van der Waals surface area contributed by atoms with Gasteiger partial charge in [-0.25, -0.2) is 0 Å². The van der Waals surface area contributed by atoms with Crippen LogP contribution < -0.4 is 10.6 Å². The first-order valence-corrected chi connectivity index (χ1v) is 8.98. The molecule has 1 aliphatic rings. The van der Waals surface area contributed by atoms with E-state index < -0.39 is 12.1 Å². The molecule has 1 aliphatic heterocycles. The second kappa shape index (κ2) is 10.3. The Kier molecular flexibility index (Phi) is 9.08. The van der Waals surface area contributed by atoms with E-state index >= 15 is 0 Å². The number of aliphatic hydroxyl groups excluding tert-OH is 2. The van der Waals surface area contributed by atoms with Crippen LogP contribution in [0.15, 0.2) is 0 Å². The summed E-state index contributed by atoms with van der Waals surface area (Å²) in [4.78, 5) is 23.7. The van der Waals surface area contributed by atoms with Gasteiger partial charge in [0, 0.05) is 24.7 Å². The normalized spacial score (nSPS) is 22.5. The Labute approximate surface area is 127 Å². The summed E-state index contributed by atoms with van der Waals surface area (Å²) in [7, 11) is 0. The smallest absolute Gasteiger partial charge is 0.244 e. The number of hydrogen-bond acceptors (Lipinski definition) is 6. The molecule has 2 amide bonds. The molecule has 0 aromatic carbocycles. The van der Waals surface area contributed by atoms with Crippen LogP contribution in [0.5, 0.6) is 0 Å². The van der Waals surface area contributed by atoms with E-state index in [-0.39, 0.29) is 25.0 Å². The van der Waals surface area contributed by atoms with Crippen molar-refractivity contribution in [2.45, 2.75) is 24.9 Å². The van der Waals surface area contributed by atoms with Gasteiger partial charge in [-0.15, -0.1) is 0 Å². The van der Waals surface area contributed by atoms with E-state index in [9.17, 15) is 9.59 Å². The van der Waals surface area contributed by atoms with Crippen LogP contribution in [0.1, 0.15) is 12.8 Å². The minimum absolute atomic E-state index is 0.142. The van der Waals surface area contributed by atoms with Crippen molar-refractivity contribution in [1.82, 2.24) is 10.6 Å². The van der Waals surface area contributed by atoms with Gasteiger partial charge < -0.3 is 20.8 Å². The summed E-state index contributed by atoms with van der Waals surface area (Å²) in [5.41, 5.74) is 0. The second-order valence-electron chi connectivity index (χ2n) is 4.43. The molecule has 6 nitrogen and oxygen atoms in total. The van der Waals surface area contributed by atoms with E-state index in [1.54, 1.807) is 23.5 Å². The molecule has 1 rings (SSSR count). The molecule has 0 radical (unpaired) electrons. The maximum atomic E-state index is 11.9. The van der Waals surface area contributed by atoms with Gasteiger partial charge in [0.2, 0.25) is 11.8 Å². The van der Waals surface area contributed by atoms with Gasteiger partial charge in [0.1, 0.15) is 12.1 Å². The fraction of sp³-hybridized carbons (Fsp3) is 0.833. The van der Waals surface area contributed by atoms with Crippen LogP contribution >= 0.6 is 23.5 Å². The van der Waals surface area contributed by atoms with E-state index in [0.29, 0.717) is 24.3 Å². The van der Waals surface area contributed by atoms with Crippen LogP contribution in [0.4, 0.5) is 0 Å². The summed E-state index contributed by atoms with van der Waals surface area (Å²) >= 11 is 3.09. The fourth-order valence-electron chi connectivity index (χ4n) is 1.65. The predicted octanol–water partition coefficient (Wildman–Crippen LogP) is -0.799. The number of rotatable bonds is 10. The zero-order chi connectivity index (χ0) is 14.8. The largest absolute Gasteiger partial charge is 0.396 e. The van der Waals surface area contributed by atoms with Crippen molar-refractivity contribution < 1.29 is 19.8 Å². The highest BCUT2D eigenvalue weighted by atomic mass is 32.2. The first-order valence-electron chi connectivity index (χ1n) is 6.67. The van der Waals surface area contributed by atoms with Crippen LogP contribution in [0.25, 0.3) is 0 Å². The Bertz CT molecular complexity index is 288. The molecule has 20 heavy (non-hydrogen) atoms. The summed E-state index contributed by atoms with van der Waals surface area (Å²) in [5.74, 6) is 2.32. The average molecular weight is 322 g/mol. The third-order valence-electron chi connectivity index (χ3n) is 2.73. The lowest BCUT2D eigenvalue weighted by molar-refractivity contribution is -0.135. The molecule has 1 fully saturated rings. The summed E-state index contributed by atoms with van der Waals surface area (Å²) in [6.07, 6.45) is 1.38. The lowest BCUT2D eigenvalue weighted by Gasteiger charge is -2.29. The van der Waals surface area contributed by atoms with Gasteiger partial charge in [-0.3, -0.25) is 9.59 Å². The van der Waals surface area contributed by atoms with Gasteiger partial charge in [0.15, 0.2) is 0 Å². The van der Waals surface area contributed by atoms with Crippen LogP contribution in [-0.4, -0.2) is 70.3 Å². The van der Waals surface area contributed by atoms with Gasteiger partial charge in [-0.1, -0.05) is 0 Å². The SMILES string of the molecule is O=C1NC(CSCCCO)C(=O)NC1CSCCCO. The predicted molar refractivity (Wildman–Crippen MR) is 81.9 cm³/mol. The molecule has 8 heteroatoms. The first-order chi connectivity index (χ1) is 9.69. The van der Waals surface area contributed by atoms with Gasteiger partial charge in [-0.2, -0.15) is 23.5 Å². The lowest BCUT2D eigenvalue weighted by Crippen LogP contribution is -2.63. The lowest BCUT2D eigenvalue weighted by atomic mass is 10.2. The second-order valence-corrected chi connectivity index (χ2v) is 6.73. The zero-order valence-corrected chi connectivity index (χ0v) is 13.0.